The number of hydrogen-bond acceptors (Lipinski definition) is 4. The highest BCUT2D eigenvalue weighted by Crippen LogP contribution is 2.27. The van der Waals surface area contributed by atoms with Crippen LogP contribution in [0, 0.1) is 21.8 Å². The van der Waals surface area contributed by atoms with Crippen molar-refractivity contribution in [2.75, 3.05) is 25.0 Å². The lowest BCUT2D eigenvalue weighted by Gasteiger charge is -2.23. The van der Waals surface area contributed by atoms with Crippen LogP contribution in [0.3, 0.4) is 0 Å². The van der Waals surface area contributed by atoms with Crippen LogP contribution in [0.4, 0.5) is 15.8 Å². The first kappa shape index (κ1) is 12.8. The summed E-state index contributed by atoms with van der Waals surface area (Å²) in [6.07, 6.45) is 2.02. The largest absolute Gasteiger partial charge is 0.377 e. The molecule has 0 spiro atoms. The van der Waals surface area contributed by atoms with Gasteiger partial charge in [0.25, 0.3) is 5.69 Å². The van der Waals surface area contributed by atoms with E-state index in [9.17, 15) is 14.5 Å². The van der Waals surface area contributed by atoms with E-state index in [0.29, 0.717) is 12.5 Å². The third-order valence-electron chi connectivity index (χ3n) is 3.21. The molecule has 1 aliphatic heterocycles. The van der Waals surface area contributed by atoms with Crippen LogP contribution in [0.2, 0.25) is 0 Å². The number of rotatable bonds is 4. The second kappa shape index (κ2) is 5.77. The van der Waals surface area contributed by atoms with Gasteiger partial charge >= 0.3 is 0 Å². The lowest BCUT2D eigenvalue weighted by Crippen LogP contribution is -2.31. The quantitative estimate of drug-likeness (QED) is 0.637. The summed E-state index contributed by atoms with van der Waals surface area (Å²) in [5.41, 5.74) is -0.204. The predicted molar refractivity (Wildman–Crippen MR) is 67.1 cm³/mol. The van der Waals surface area contributed by atoms with E-state index in [1.165, 1.54) is 18.2 Å². The first-order chi connectivity index (χ1) is 8.68. The Morgan fingerprint density at radius 3 is 2.83 bits per heavy atom. The van der Waals surface area contributed by atoms with Gasteiger partial charge in [-0.25, -0.2) is 4.39 Å². The Morgan fingerprint density at radius 1 is 1.44 bits per heavy atom. The topological polar surface area (TPSA) is 67.2 Å². The second-order valence-corrected chi connectivity index (χ2v) is 4.47. The number of nitro groups is 1. The molecule has 0 radical (unpaired) electrons. The van der Waals surface area contributed by atoms with Gasteiger partial charge in [-0.15, -0.1) is 0 Å². The number of nitrogens with zero attached hydrogens (tertiary/aromatic N) is 1. The van der Waals surface area contributed by atoms with E-state index in [1.54, 1.807) is 0 Å². The molecule has 5 nitrogen and oxygen atoms in total. The molecule has 18 heavy (non-hydrogen) atoms. The van der Waals surface area contributed by atoms with Crippen molar-refractivity contribution in [2.45, 2.75) is 12.8 Å². The first-order valence-electron chi connectivity index (χ1n) is 6.06. The van der Waals surface area contributed by atoms with Crippen LogP contribution in [-0.4, -0.2) is 24.6 Å². The summed E-state index contributed by atoms with van der Waals surface area (Å²) >= 11 is 0. The van der Waals surface area contributed by atoms with Crippen LogP contribution in [0.25, 0.3) is 0 Å². The van der Waals surface area contributed by atoms with Crippen molar-refractivity contribution in [3.63, 3.8) is 0 Å². The molecule has 0 unspecified atom stereocenters. The van der Waals surface area contributed by atoms with Crippen LogP contribution in [0.5, 0.6) is 0 Å². The van der Waals surface area contributed by atoms with Gasteiger partial charge < -0.3 is 10.6 Å². The smallest absolute Gasteiger partial charge is 0.295 e. The van der Waals surface area contributed by atoms with E-state index in [-0.39, 0.29) is 11.4 Å². The summed E-state index contributed by atoms with van der Waals surface area (Å²) in [5.74, 6) is -0.136. The van der Waals surface area contributed by atoms with Crippen molar-refractivity contribution in [1.29, 1.82) is 0 Å². The lowest BCUT2D eigenvalue weighted by molar-refractivity contribution is -0.384. The summed E-state index contributed by atoms with van der Waals surface area (Å²) < 4.78 is 13.6. The average molecular weight is 253 g/mol. The standard InChI is InChI=1S/C12H16FN3O2/c13-10-2-1-3-11(16(17)18)12(10)15-8-9-4-6-14-7-5-9/h1-3,9,14-15H,4-8H2. The van der Waals surface area contributed by atoms with Crippen molar-refractivity contribution in [2.24, 2.45) is 5.92 Å². The highest BCUT2D eigenvalue weighted by Gasteiger charge is 2.19. The Labute approximate surface area is 105 Å². The number of anilines is 1. The first-order valence-corrected chi connectivity index (χ1v) is 6.06. The van der Waals surface area contributed by atoms with E-state index < -0.39 is 10.7 Å². The van der Waals surface area contributed by atoms with E-state index in [2.05, 4.69) is 10.6 Å². The van der Waals surface area contributed by atoms with Crippen LogP contribution >= 0.6 is 0 Å². The zero-order chi connectivity index (χ0) is 13.0. The predicted octanol–water partition coefficient (Wildman–Crippen LogP) is 2.15. The normalized spacial score (nSPS) is 16.5. The van der Waals surface area contributed by atoms with Gasteiger partial charge in [0, 0.05) is 12.6 Å². The minimum absolute atomic E-state index is 0.000956. The van der Waals surface area contributed by atoms with Gasteiger partial charge in [-0.1, -0.05) is 6.07 Å². The van der Waals surface area contributed by atoms with Gasteiger partial charge in [0.1, 0.15) is 5.69 Å². The summed E-state index contributed by atoms with van der Waals surface area (Å²) in [6.45, 7) is 2.47. The van der Waals surface area contributed by atoms with Crippen molar-refractivity contribution in [1.82, 2.24) is 5.32 Å². The van der Waals surface area contributed by atoms with Gasteiger partial charge in [-0.2, -0.15) is 0 Å². The molecule has 2 N–H and O–H groups in total. The molecule has 0 atom stereocenters. The molecule has 0 amide bonds. The maximum atomic E-state index is 13.6. The van der Waals surface area contributed by atoms with Crippen molar-refractivity contribution < 1.29 is 9.31 Å². The third-order valence-corrected chi connectivity index (χ3v) is 3.21. The Morgan fingerprint density at radius 2 is 2.17 bits per heavy atom. The zero-order valence-corrected chi connectivity index (χ0v) is 9.99. The maximum absolute atomic E-state index is 13.6. The van der Waals surface area contributed by atoms with Crippen molar-refractivity contribution in [3.05, 3.63) is 34.1 Å². The van der Waals surface area contributed by atoms with Crippen LogP contribution in [0.1, 0.15) is 12.8 Å². The minimum Gasteiger partial charge on any atom is -0.377 e. The summed E-state index contributed by atoms with van der Waals surface area (Å²) in [6, 6.07) is 3.90. The second-order valence-electron chi connectivity index (χ2n) is 4.47. The SMILES string of the molecule is O=[N+]([O-])c1cccc(F)c1NCC1CCNCC1. The van der Waals surface area contributed by atoms with Gasteiger partial charge in [-0.05, 0) is 37.9 Å². The van der Waals surface area contributed by atoms with Crippen LogP contribution in [0.15, 0.2) is 18.2 Å². The molecule has 1 fully saturated rings. The van der Waals surface area contributed by atoms with Gasteiger partial charge in [-0.3, -0.25) is 10.1 Å². The number of para-hydroxylation sites is 1. The monoisotopic (exact) mass is 253 g/mol. The highest BCUT2D eigenvalue weighted by molar-refractivity contribution is 5.62. The number of piperidine rings is 1. The van der Waals surface area contributed by atoms with Crippen LogP contribution < -0.4 is 10.6 Å². The molecule has 0 aliphatic carbocycles. The molecule has 6 heteroatoms. The maximum Gasteiger partial charge on any atom is 0.295 e. The Balaban J connectivity index is 2.05. The van der Waals surface area contributed by atoms with Crippen molar-refractivity contribution >= 4 is 11.4 Å². The Bertz CT molecular complexity index is 433. The van der Waals surface area contributed by atoms with Crippen LogP contribution in [-0.2, 0) is 0 Å². The van der Waals surface area contributed by atoms with Gasteiger partial charge in [0.2, 0.25) is 0 Å². The zero-order valence-electron chi connectivity index (χ0n) is 9.99. The molecule has 1 aromatic rings. The lowest BCUT2D eigenvalue weighted by atomic mass is 9.98. The highest BCUT2D eigenvalue weighted by atomic mass is 19.1. The molecular formula is C12H16FN3O2. The minimum atomic E-state index is -0.571. The summed E-state index contributed by atoms with van der Waals surface area (Å²) in [7, 11) is 0. The number of hydrogen-bond donors (Lipinski definition) is 2. The Hall–Kier alpha value is -1.69. The molecule has 1 heterocycles. The van der Waals surface area contributed by atoms with E-state index in [0.717, 1.165) is 25.9 Å². The molecule has 2 rings (SSSR count). The molecule has 1 aromatic carbocycles. The molecule has 0 saturated carbocycles. The fourth-order valence-electron chi connectivity index (χ4n) is 2.17. The molecule has 1 aliphatic rings. The molecule has 0 bridgehead atoms. The van der Waals surface area contributed by atoms with Crippen molar-refractivity contribution in [3.8, 4) is 0 Å². The van der Waals surface area contributed by atoms with E-state index in [4.69, 9.17) is 0 Å². The molecule has 98 valence electrons. The number of benzene rings is 1. The molecule has 1 saturated heterocycles. The molecule has 0 aromatic heterocycles. The average Bonchev–Trinajstić information content (AvgIpc) is 2.38. The number of halogens is 1. The molecular weight excluding hydrogens is 237 g/mol. The summed E-state index contributed by atoms with van der Waals surface area (Å²) in [5, 5.41) is 16.9. The van der Waals surface area contributed by atoms with E-state index in [1.807, 2.05) is 0 Å². The summed E-state index contributed by atoms with van der Waals surface area (Å²) in [4.78, 5) is 10.3. The Kier molecular flexibility index (Phi) is 4.09. The number of nitrogens with one attached hydrogen (secondary N) is 2. The van der Waals surface area contributed by atoms with E-state index >= 15 is 0 Å². The third kappa shape index (κ3) is 2.95. The fourth-order valence-corrected chi connectivity index (χ4v) is 2.17. The van der Waals surface area contributed by atoms with Gasteiger partial charge in [0.15, 0.2) is 5.82 Å². The number of nitro benzene ring substituents is 1. The van der Waals surface area contributed by atoms with Gasteiger partial charge in [0.05, 0.1) is 4.92 Å². The fraction of sp³-hybridized carbons (Fsp3) is 0.500.